The Balaban J connectivity index is 1.66. The average molecular weight is 298 g/mol. The Bertz CT molecular complexity index is 759. The zero-order valence-corrected chi connectivity index (χ0v) is 13.0. The van der Waals surface area contributed by atoms with E-state index in [2.05, 4.69) is 37.0 Å². The second-order valence-electron chi connectivity index (χ2n) is 5.32. The van der Waals surface area contributed by atoms with Crippen molar-refractivity contribution in [2.75, 3.05) is 5.73 Å². The molecule has 2 N–H and O–H groups in total. The number of nitrogen functional groups attached to an aromatic ring is 1. The third-order valence-electron chi connectivity index (χ3n) is 3.23. The molecule has 4 heteroatoms. The number of nitrogens with two attached hydrogens (primary N) is 1. The molecule has 2 aromatic carbocycles. The molecule has 21 heavy (non-hydrogen) atoms. The molecule has 1 aromatic heterocycles. The second-order valence-corrected chi connectivity index (χ2v) is 6.31. The van der Waals surface area contributed by atoms with Crippen molar-refractivity contribution in [3.8, 4) is 0 Å². The zero-order valence-electron chi connectivity index (χ0n) is 12.2. The van der Waals surface area contributed by atoms with Crippen molar-refractivity contribution in [3.05, 3.63) is 59.0 Å². The smallest absolute Gasteiger partial charge is 0.205 e. The van der Waals surface area contributed by atoms with E-state index >= 15 is 0 Å². The Morgan fingerprint density at radius 1 is 1.05 bits per heavy atom. The molecule has 0 bridgehead atoms. The molecule has 0 fully saturated rings. The number of thioether (sulfide) groups is 1. The SMILES string of the molecule is Cc1cc(C)cc(CSCc2nc3cc(N)ccc3o2)c1. The quantitative estimate of drug-likeness (QED) is 0.722. The Morgan fingerprint density at radius 2 is 1.81 bits per heavy atom. The van der Waals surface area contributed by atoms with Crippen LogP contribution in [-0.2, 0) is 11.5 Å². The first kappa shape index (κ1) is 14.0. The number of anilines is 1. The van der Waals surface area contributed by atoms with Gasteiger partial charge in [-0.25, -0.2) is 4.98 Å². The molecule has 3 rings (SSSR count). The first-order valence-corrected chi connectivity index (χ1v) is 8.05. The number of hydrogen-bond acceptors (Lipinski definition) is 4. The fourth-order valence-electron chi connectivity index (χ4n) is 2.46. The summed E-state index contributed by atoms with van der Waals surface area (Å²) in [6, 6.07) is 12.2. The zero-order chi connectivity index (χ0) is 14.8. The van der Waals surface area contributed by atoms with Crippen molar-refractivity contribution in [3.63, 3.8) is 0 Å². The summed E-state index contributed by atoms with van der Waals surface area (Å²) in [5.74, 6) is 2.48. The molecule has 3 aromatic rings. The van der Waals surface area contributed by atoms with Crippen LogP contribution in [0, 0.1) is 13.8 Å². The highest BCUT2D eigenvalue weighted by Gasteiger charge is 2.06. The highest BCUT2D eigenvalue weighted by Crippen LogP contribution is 2.23. The lowest BCUT2D eigenvalue weighted by molar-refractivity contribution is 0.556. The van der Waals surface area contributed by atoms with Gasteiger partial charge in [-0.1, -0.05) is 29.3 Å². The van der Waals surface area contributed by atoms with Crippen molar-refractivity contribution in [2.24, 2.45) is 0 Å². The molecule has 0 radical (unpaired) electrons. The summed E-state index contributed by atoms with van der Waals surface area (Å²) >= 11 is 1.81. The van der Waals surface area contributed by atoms with Gasteiger partial charge in [0.15, 0.2) is 5.58 Å². The maximum Gasteiger partial charge on any atom is 0.205 e. The number of rotatable bonds is 4. The van der Waals surface area contributed by atoms with E-state index in [-0.39, 0.29) is 0 Å². The fourth-order valence-corrected chi connectivity index (χ4v) is 3.26. The van der Waals surface area contributed by atoms with E-state index in [9.17, 15) is 0 Å². The highest BCUT2D eigenvalue weighted by molar-refractivity contribution is 7.97. The lowest BCUT2D eigenvalue weighted by Gasteiger charge is -2.03. The van der Waals surface area contributed by atoms with Gasteiger partial charge in [-0.2, -0.15) is 0 Å². The van der Waals surface area contributed by atoms with Crippen LogP contribution in [-0.4, -0.2) is 4.98 Å². The van der Waals surface area contributed by atoms with Crippen molar-refractivity contribution >= 4 is 28.5 Å². The molecule has 0 spiro atoms. The summed E-state index contributed by atoms with van der Waals surface area (Å²) in [5.41, 5.74) is 12.1. The minimum absolute atomic E-state index is 0.713. The first-order valence-electron chi connectivity index (χ1n) is 6.90. The van der Waals surface area contributed by atoms with Crippen LogP contribution in [0.25, 0.3) is 11.1 Å². The molecular formula is C17H18N2OS. The maximum absolute atomic E-state index is 5.75. The lowest BCUT2D eigenvalue weighted by atomic mass is 10.1. The van der Waals surface area contributed by atoms with Gasteiger partial charge in [-0.3, -0.25) is 0 Å². The first-order chi connectivity index (χ1) is 10.1. The Hall–Kier alpha value is -1.94. The number of nitrogens with zero attached hydrogens (tertiary/aromatic N) is 1. The molecule has 0 unspecified atom stereocenters. The molecular weight excluding hydrogens is 280 g/mol. The minimum Gasteiger partial charge on any atom is -0.440 e. The van der Waals surface area contributed by atoms with Gasteiger partial charge in [0.05, 0.1) is 5.75 Å². The number of hydrogen-bond donors (Lipinski definition) is 1. The number of aryl methyl sites for hydroxylation is 2. The van der Waals surface area contributed by atoms with Gasteiger partial charge in [-0.15, -0.1) is 11.8 Å². The normalized spacial score (nSPS) is 11.1. The van der Waals surface area contributed by atoms with Crippen LogP contribution in [0.4, 0.5) is 5.69 Å². The van der Waals surface area contributed by atoms with Gasteiger partial charge < -0.3 is 10.2 Å². The third-order valence-corrected chi connectivity index (χ3v) is 4.22. The fraction of sp³-hybridized carbons (Fsp3) is 0.235. The highest BCUT2D eigenvalue weighted by atomic mass is 32.2. The minimum atomic E-state index is 0.713. The average Bonchev–Trinajstić information content (AvgIpc) is 2.79. The van der Waals surface area contributed by atoms with Crippen LogP contribution in [0.5, 0.6) is 0 Å². The number of fused-ring (bicyclic) bond motifs is 1. The molecule has 0 aliphatic carbocycles. The van der Waals surface area contributed by atoms with Gasteiger partial charge in [0, 0.05) is 11.4 Å². The van der Waals surface area contributed by atoms with E-state index in [1.165, 1.54) is 16.7 Å². The number of benzene rings is 2. The summed E-state index contributed by atoms with van der Waals surface area (Å²) in [6.07, 6.45) is 0. The van der Waals surface area contributed by atoms with Crippen molar-refractivity contribution in [1.82, 2.24) is 4.98 Å². The van der Waals surface area contributed by atoms with Crippen LogP contribution < -0.4 is 5.73 Å². The number of aromatic nitrogens is 1. The van der Waals surface area contributed by atoms with Crippen LogP contribution in [0.1, 0.15) is 22.6 Å². The topological polar surface area (TPSA) is 52.0 Å². The monoisotopic (exact) mass is 298 g/mol. The maximum atomic E-state index is 5.75. The van der Waals surface area contributed by atoms with Gasteiger partial charge in [0.2, 0.25) is 5.89 Å². The van der Waals surface area contributed by atoms with Crippen molar-refractivity contribution in [1.29, 1.82) is 0 Å². The van der Waals surface area contributed by atoms with Gasteiger partial charge in [0.1, 0.15) is 5.52 Å². The van der Waals surface area contributed by atoms with E-state index < -0.39 is 0 Å². The molecule has 0 saturated carbocycles. The second kappa shape index (κ2) is 5.82. The predicted molar refractivity (Wildman–Crippen MR) is 89.3 cm³/mol. The van der Waals surface area contributed by atoms with Crippen LogP contribution in [0.15, 0.2) is 40.8 Å². The van der Waals surface area contributed by atoms with E-state index in [1.807, 2.05) is 30.0 Å². The largest absolute Gasteiger partial charge is 0.440 e. The van der Waals surface area contributed by atoms with E-state index in [1.54, 1.807) is 0 Å². The summed E-state index contributed by atoms with van der Waals surface area (Å²) < 4.78 is 5.72. The van der Waals surface area contributed by atoms with Gasteiger partial charge in [0.25, 0.3) is 0 Å². The predicted octanol–water partition coefficient (Wildman–Crippen LogP) is 4.46. The molecule has 0 saturated heterocycles. The standard InChI is InChI=1S/C17H18N2OS/c1-11-5-12(2)7-13(6-11)9-21-10-17-19-15-8-14(18)3-4-16(15)20-17/h3-8H,9-10,18H2,1-2H3. The molecule has 3 nitrogen and oxygen atoms in total. The van der Waals surface area contributed by atoms with E-state index in [4.69, 9.17) is 10.2 Å². The molecule has 108 valence electrons. The summed E-state index contributed by atoms with van der Waals surface area (Å²) in [4.78, 5) is 4.47. The van der Waals surface area contributed by atoms with Crippen LogP contribution in [0.3, 0.4) is 0 Å². The summed E-state index contributed by atoms with van der Waals surface area (Å²) in [6.45, 7) is 4.26. The Labute approximate surface area is 128 Å². The van der Waals surface area contributed by atoms with Crippen molar-refractivity contribution < 1.29 is 4.42 Å². The Morgan fingerprint density at radius 3 is 2.57 bits per heavy atom. The molecule has 1 heterocycles. The van der Waals surface area contributed by atoms with Gasteiger partial charge in [-0.05, 0) is 37.6 Å². The summed E-state index contributed by atoms with van der Waals surface area (Å²) in [7, 11) is 0. The van der Waals surface area contributed by atoms with E-state index in [0.717, 1.165) is 28.5 Å². The van der Waals surface area contributed by atoms with Crippen molar-refractivity contribution in [2.45, 2.75) is 25.4 Å². The third kappa shape index (κ3) is 3.39. The summed E-state index contributed by atoms with van der Waals surface area (Å²) in [5, 5.41) is 0. The molecule has 0 amide bonds. The molecule has 0 aliphatic rings. The van der Waals surface area contributed by atoms with Crippen LogP contribution in [0.2, 0.25) is 0 Å². The van der Waals surface area contributed by atoms with Gasteiger partial charge >= 0.3 is 0 Å². The Kier molecular flexibility index (Phi) is 3.88. The number of oxazole rings is 1. The molecule has 0 atom stereocenters. The van der Waals surface area contributed by atoms with Crippen LogP contribution >= 0.6 is 11.8 Å². The molecule has 0 aliphatic heterocycles. The lowest BCUT2D eigenvalue weighted by Crippen LogP contribution is -1.87. The van der Waals surface area contributed by atoms with E-state index in [0.29, 0.717) is 5.69 Å².